The van der Waals surface area contributed by atoms with Crippen molar-refractivity contribution in [3.8, 4) is 5.75 Å². The number of carbonyl (C=O) groups excluding carboxylic acids is 2. The van der Waals surface area contributed by atoms with Crippen molar-refractivity contribution in [2.75, 3.05) is 18.6 Å². The number of hydrogen-bond donors (Lipinski definition) is 1. The van der Waals surface area contributed by atoms with Gasteiger partial charge in [-0.3, -0.25) is 14.5 Å². The Bertz CT molecular complexity index is 1480. The summed E-state index contributed by atoms with van der Waals surface area (Å²) in [7, 11) is 1.56. The summed E-state index contributed by atoms with van der Waals surface area (Å²) in [6, 6.07) is 23.8. The molecule has 0 saturated carbocycles. The van der Waals surface area contributed by atoms with Crippen molar-refractivity contribution in [1.82, 2.24) is 9.88 Å². The Morgan fingerprint density at radius 3 is 2.50 bits per heavy atom. The van der Waals surface area contributed by atoms with Gasteiger partial charge in [-0.25, -0.2) is 4.90 Å². The molecular weight excluding hydrogens is 450 g/mol. The van der Waals surface area contributed by atoms with E-state index >= 15 is 0 Å². The van der Waals surface area contributed by atoms with Crippen LogP contribution in [-0.4, -0.2) is 41.4 Å². The quantitative estimate of drug-likeness (QED) is 0.402. The van der Waals surface area contributed by atoms with Gasteiger partial charge in [0, 0.05) is 35.1 Å². The van der Waals surface area contributed by atoms with Gasteiger partial charge < -0.3 is 9.72 Å². The first kappa shape index (κ1) is 22.6. The highest BCUT2D eigenvalue weighted by atomic mass is 16.5. The first-order chi connectivity index (χ1) is 17.5. The molecule has 0 bridgehead atoms. The number of aromatic amines is 1. The van der Waals surface area contributed by atoms with Crippen LogP contribution in [0.4, 0.5) is 5.69 Å². The summed E-state index contributed by atoms with van der Waals surface area (Å²) in [6.45, 7) is 4.73. The van der Waals surface area contributed by atoms with Crippen molar-refractivity contribution in [3.63, 3.8) is 0 Å². The third-order valence-corrected chi connectivity index (χ3v) is 7.73. The topological polar surface area (TPSA) is 65.6 Å². The van der Waals surface area contributed by atoms with Crippen LogP contribution >= 0.6 is 0 Å². The monoisotopic (exact) mass is 479 g/mol. The first-order valence-corrected chi connectivity index (χ1v) is 12.4. The Kier molecular flexibility index (Phi) is 5.41. The van der Waals surface area contributed by atoms with Gasteiger partial charge in [0.15, 0.2) is 0 Å². The maximum atomic E-state index is 13.9. The number of H-pyrrole nitrogens is 1. The van der Waals surface area contributed by atoms with E-state index in [1.54, 1.807) is 7.11 Å². The molecule has 0 radical (unpaired) electrons. The molecule has 1 fully saturated rings. The number of nitrogens with zero attached hydrogens (tertiary/aromatic N) is 2. The number of para-hydroxylation sites is 1. The summed E-state index contributed by atoms with van der Waals surface area (Å²) in [6.07, 6.45) is 0.150. The molecule has 3 unspecified atom stereocenters. The maximum Gasteiger partial charge on any atom is 0.251 e. The molecule has 3 heterocycles. The fourth-order valence-electron chi connectivity index (χ4n) is 5.97. The van der Waals surface area contributed by atoms with Crippen molar-refractivity contribution in [2.24, 2.45) is 0 Å². The zero-order chi connectivity index (χ0) is 25.0. The lowest BCUT2D eigenvalue weighted by Gasteiger charge is -2.41. The molecule has 3 aromatic carbocycles. The molecule has 1 saturated heterocycles. The van der Waals surface area contributed by atoms with E-state index in [9.17, 15) is 9.59 Å². The van der Waals surface area contributed by atoms with Gasteiger partial charge in [-0.2, -0.15) is 0 Å². The van der Waals surface area contributed by atoms with E-state index in [1.165, 1.54) is 21.4 Å². The molecule has 2 amide bonds. The van der Waals surface area contributed by atoms with Crippen molar-refractivity contribution in [2.45, 2.75) is 38.3 Å². The average molecular weight is 480 g/mol. The number of imide groups is 1. The zero-order valence-electron chi connectivity index (χ0n) is 20.7. The molecule has 6 heteroatoms. The summed E-state index contributed by atoms with van der Waals surface area (Å²) < 4.78 is 5.50. The smallest absolute Gasteiger partial charge is 0.251 e. The van der Waals surface area contributed by atoms with Crippen LogP contribution in [0.15, 0.2) is 72.8 Å². The van der Waals surface area contributed by atoms with Crippen molar-refractivity contribution < 1.29 is 14.3 Å². The molecule has 2 aliphatic rings. The van der Waals surface area contributed by atoms with Crippen molar-refractivity contribution >= 4 is 28.4 Å². The Balaban J connectivity index is 1.43. The number of benzene rings is 3. The number of methoxy groups -OCH3 is 1. The molecule has 6 nitrogen and oxygen atoms in total. The summed E-state index contributed by atoms with van der Waals surface area (Å²) >= 11 is 0. The predicted molar refractivity (Wildman–Crippen MR) is 140 cm³/mol. The fraction of sp³-hybridized carbons (Fsp3) is 0.267. The van der Waals surface area contributed by atoms with Crippen LogP contribution in [0.3, 0.4) is 0 Å². The second-order valence-electron chi connectivity index (χ2n) is 9.80. The molecule has 0 aliphatic carbocycles. The van der Waals surface area contributed by atoms with Gasteiger partial charge in [-0.05, 0) is 48.7 Å². The molecule has 182 valence electrons. The number of amides is 2. The number of fused-ring (bicyclic) bond motifs is 3. The molecular formula is C30H29N3O3. The third-order valence-electron chi connectivity index (χ3n) is 7.73. The minimum atomic E-state index is -0.538. The van der Waals surface area contributed by atoms with E-state index in [0.29, 0.717) is 18.0 Å². The van der Waals surface area contributed by atoms with E-state index in [4.69, 9.17) is 4.74 Å². The molecule has 1 aromatic heterocycles. The van der Waals surface area contributed by atoms with Crippen molar-refractivity contribution in [3.05, 3.63) is 95.2 Å². The van der Waals surface area contributed by atoms with E-state index in [-0.39, 0.29) is 30.2 Å². The normalized spacial score (nSPS) is 22.3. The number of anilines is 1. The van der Waals surface area contributed by atoms with Gasteiger partial charge in [0.2, 0.25) is 5.91 Å². The van der Waals surface area contributed by atoms with Gasteiger partial charge in [0.1, 0.15) is 5.75 Å². The lowest BCUT2D eigenvalue weighted by atomic mass is 9.83. The van der Waals surface area contributed by atoms with Crippen LogP contribution in [0, 0.1) is 6.92 Å². The Morgan fingerprint density at radius 2 is 1.72 bits per heavy atom. The Morgan fingerprint density at radius 1 is 0.972 bits per heavy atom. The van der Waals surface area contributed by atoms with Gasteiger partial charge in [-0.1, -0.05) is 54.6 Å². The van der Waals surface area contributed by atoms with E-state index < -0.39 is 6.04 Å². The number of hydrogen-bond acceptors (Lipinski definition) is 4. The largest absolute Gasteiger partial charge is 0.495 e. The number of rotatable bonds is 4. The molecule has 3 atom stereocenters. The maximum absolute atomic E-state index is 13.9. The fourth-order valence-corrected chi connectivity index (χ4v) is 5.97. The first-order valence-electron chi connectivity index (χ1n) is 12.4. The van der Waals surface area contributed by atoms with Gasteiger partial charge in [0.25, 0.3) is 5.91 Å². The van der Waals surface area contributed by atoms with Gasteiger partial charge in [-0.15, -0.1) is 0 Å². The number of carbonyl (C=O) groups is 2. The van der Waals surface area contributed by atoms with Crippen LogP contribution < -0.4 is 9.64 Å². The Hall–Kier alpha value is -3.90. The molecule has 6 rings (SSSR count). The molecule has 36 heavy (non-hydrogen) atoms. The highest BCUT2D eigenvalue weighted by molar-refractivity contribution is 6.23. The van der Waals surface area contributed by atoms with E-state index in [2.05, 4.69) is 59.3 Å². The van der Waals surface area contributed by atoms with Crippen molar-refractivity contribution in [1.29, 1.82) is 0 Å². The van der Waals surface area contributed by atoms with E-state index in [0.717, 1.165) is 16.8 Å². The lowest BCUT2D eigenvalue weighted by molar-refractivity contribution is -0.123. The van der Waals surface area contributed by atoms with Crippen LogP contribution in [0.1, 0.15) is 47.7 Å². The Labute approximate surface area is 210 Å². The van der Waals surface area contributed by atoms with Gasteiger partial charge in [0.05, 0.1) is 25.3 Å². The summed E-state index contributed by atoms with van der Waals surface area (Å²) in [4.78, 5) is 34.3. The molecule has 4 aromatic rings. The number of nitrogens with one attached hydrogen (secondary N) is 1. The van der Waals surface area contributed by atoms with Gasteiger partial charge >= 0.3 is 0 Å². The molecule has 0 spiro atoms. The highest BCUT2D eigenvalue weighted by Crippen LogP contribution is 2.45. The lowest BCUT2D eigenvalue weighted by Crippen LogP contribution is -2.47. The van der Waals surface area contributed by atoms with Crippen LogP contribution in [0.2, 0.25) is 0 Å². The van der Waals surface area contributed by atoms with E-state index in [1.807, 2.05) is 37.3 Å². The number of aromatic nitrogens is 1. The third kappa shape index (κ3) is 3.44. The summed E-state index contributed by atoms with van der Waals surface area (Å²) in [5, 5.41) is 1.22. The number of ether oxygens (including phenoxy) is 1. The van der Waals surface area contributed by atoms with Crippen LogP contribution in [-0.2, 0) is 9.59 Å². The number of aryl methyl sites for hydroxylation is 1. The predicted octanol–water partition coefficient (Wildman–Crippen LogP) is 5.33. The minimum absolute atomic E-state index is 0.0477. The highest BCUT2D eigenvalue weighted by Gasteiger charge is 2.48. The average Bonchev–Trinajstić information content (AvgIpc) is 3.42. The second-order valence-corrected chi connectivity index (χ2v) is 9.80. The second kappa shape index (κ2) is 8.64. The summed E-state index contributed by atoms with van der Waals surface area (Å²) in [5.74, 6) is 0.218. The van der Waals surface area contributed by atoms with Crippen LogP contribution in [0.5, 0.6) is 5.75 Å². The minimum Gasteiger partial charge on any atom is -0.495 e. The zero-order valence-corrected chi connectivity index (χ0v) is 20.7. The SMILES string of the molecule is COc1ccc(C)cc1N1C(=O)CC(N2CC(c3ccccc3)c3c([nH]c4ccccc34)C2C)C1=O. The van der Waals surface area contributed by atoms with Crippen LogP contribution in [0.25, 0.3) is 10.9 Å². The molecule has 2 aliphatic heterocycles. The standard InChI is InChI=1S/C30H29N3O3/c1-18-13-14-26(36-3)24(15-18)33-27(34)16-25(30(33)35)32-17-22(20-9-5-4-6-10-20)28-21-11-7-8-12-23(21)31-29(28)19(32)2/h4-15,19,22,25,31H,16-17H2,1-3H3. The molecule has 1 N–H and O–H groups in total. The summed E-state index contributed by atoms with van der Waals surface area (Å²) in [5.41, 5.74) is 6.18.